The predicted octanol–water partition coefficient (Wildman–Crippen LogP) is 1.81. The first kappa shape index (κ1) is 18.0. The third-order valence-corrected chi connectivity index (χ3v) is 5.24. The van der Waals surface area contributed by atoms with Gasteiger partial charge in [-0.25, -0.2) is 0 Å². The van der Waals surface area contributed by atoms with Crippen molar-refractivity contribution in [2.24, 2.45) is 5.92 Å². The van der Waals surface area contributed by atoms with Gasteiger partial charge in [-0.2, -0.15) is 5.26 Å². The molecular weight excluding hydrogens is 320 g/mol. The molecule has 0 radical (unpaired) electrons. The molecule has 6 heteroatoms. The Morgan fingerprint density at radius 1 is 1.36 bits per heavy atom. The zero-order valence-electron chi connectivity index (χ0n) is 14.7. The third-order valence-electron chi connectivity index (χ3n) is 5.24. The average Bonchev–Trinajstić information content (AvgIpc) is 3.08. The van der Waals surface area contributed by atoms with E-state index in [0.717, 1.165) is 39.0 Å². The number of morpholine rings is 1. The molecule has 0 aromatic heterocycles. The molecule has 3 atom stereocenters. The number of rotatable bonds is 6. The summed E-state index contributed by atoms with van der Waals surface area (Å²) in [6.07, 6.45) is 2.84. The van der Waals surface area contributed by atoms with Crippen molar-refractivity contribution in [3.8, 4) is 17.6 Å². The second kappa shape index (κ2) is 8.52. The Morgan fingerprint density at radius 3 is 2.96 bits per heavy atom. The number of hydrogen-bond donors (Lipinski definition) is 1. The van der Waals surface area contributed by atoms with Gasteiger partial charge in [0.2, 0.25) is 0 Å². The summed E-state index contributed by atoms with van der Waals surface area (Å²) in [5.74, 6) is 1.51. The monoisotopic (exact) mass is 346 g/mol. The summed E-state index contributed by atoms with van der Waals surface area (Å²) in [5, 5.41) is 19.2. The summed E-state index contributed by atoms with van der Waals surface area (Å²) >= 11 is 0. The van der Waals surface area contributed by atoms with Crippen LogP contribution in [0.25, 0.3) is 0 Å². The highest BCUT2D eigenvalue weighted by Gasteiger charge is 2.37. The summed E-state index contributed by atoms with van der Waals surface area (Å²) in [5.41, 5.74) is 0.549. The molecule has 2 aliphatic rings. The van der Waals surface area contributed by atoms with Gasteiger partial charge in [-0.05, 0) is 25.0 Å². The third kappa shape index (κ3) is 4.24. The van der Waals surface area contributed by atoms with Gasteiger partial charge in [0, 0.05) is 31.1 Å². The largest absolute Gasteiger partial charge is 0.493 e. The van der Waals surface area contributed by atoms with Crippen molar-refractivity contribution in [1.82, 2.24) is 4.90 Å². The Hall–Kier alpha value is -1.81. The summed E-state index contributed by atoms with van der Waals surface area (Å²) < 4.78 is 16.8. The molecule has 0 bridgehead atoms. The van der Waals surface area contributed by atoms with Crippen molar-refractivity contribution in [3.63, 3.8) is 0 Å². The number of benzene rings is 1. The number of nitriles is 1. The van der Waals surface area contributed by atoms with Crippen LogP contribution in [0, 0.1) is 17.2 Å². The van der Waals surface area contributed by atoms with E-state index >= 15 is 0 Å². The number of aliphatic hydroxyl groups excluding tert-OH is 1. The van der Waals surface area contributed by atoms with Gasteiger partial charge in [0.05, 0.1) is 38.1 Å². The van der Waals surface area contributed by atoms with E-state index < -0.39 is 0 Å². The van der Waals surface area contributed by atoms with Crippen LogP contribution in [-0.2, 0) is 4.74 Å². The molecule has 136 valence electrons. The topological polar surface area (TPSA) is 75.0 Å². The first-order chi connectivity index (χ1) is 12.2. The van der Waals surface area contributed by atoms with Gasteiger partial charge in [-0.3, -0.25) is 4.90 Å². The van der Waals surface area contributed by atoms with E-state index in [0.29, 0.717) is 36.2 Å². The number of ether oxygens (including phenoxy) is 3. The lowest BCUT2D eigenvalue weighted by Crippen LogP contribution is -2.52. The standard InChI is InChI=1S/C19H26N2O4/c1-23-19-11-14(12-20)5-6-18(19)25-10-8-21-7-9-24-13-16(21)15-3-2-4-17(15)22/h5-6,11,15-17,22H,2-4,7-10,13H2,1H3/t15-,16-,17-/m1/s1. The van der Waals surface area contributed by atoms with Gasteiger partial charge in [0.15, 0.2) is 11.5 Å². The Labute approximate surface area is 148 Å². The zero-order valence-corrected chi connectivity index (χ0v) is 14.7. The number of aliphatic hydroxyl groups is 1. The fraction of sp³-hybridized carbons (Fsp3) is 0.632. The van der Waals surface area contributed by atoms with Gasteiger partial charge in [-0.1, -0.05) is 6.42 Å². The van der Waals surface area contributed by atoms with Gasteiger partial charge < -0.3 is 19.3 Å². The Kier molecular flexibility index (Phi) is 6.14. The van der Waals surface area contributed by atoms with Crippen LogP contribution in [0.3, 0.4) is 0 Å². The maximum Gasteiger partial charge on any atom is 0.162 e. The molecule has 0 unspecified atom stereocenters. The van der Waals surface area contributed by atoms with E-state index in [2.05, 4.69) is 11.0 Å². The lowest BCUT2D eigenvalue weighted by atomic mass is 9.94. The Balaban J connectivity index is 1.58. The van der Waals surface area contributed by atoms with E-state index in [4.69, 9.17) is 19.5 Å². The van der Waals surface area contributed by atoms with E-state index in [9.17, 15) is 5.11 Å². The van der Waals surface area contributed by atoms with Crippen LogP contribution in [-0.4, -0.2) is 62.2 Å². The smallest absolute Gasteiger partial charge is 0.162 e. The van der Waals surface area contributed by atoms with Crippen LogP contribution >= 0.6 is 0 Å². The molecule has 1 saturated heterocycles. The number of methoxy groups -OCH3 is 1. The average molecular weight is 346 g/mol. The van der Waals surface area contributed by atoms with E-state index in [1.54, 1.807) is 25.3 Å². The van der Waals surface area contributed by atoms with Crippen molar-refractivity contribution in [1.29, 1.82) is 5.26 Å². The van der Waals surface area contributed by atoms with Crippen molar-refractivity contribution in [2.45, 2.75) is 31.4 Å². The van der Waals surface area contributed by atoms with Crippen LogP contribution in [0.4, 0.5) is 0 Å². The maximum atomic E-state index is 10.2. The molecule has 25 heavy (non-hydrogen) atoms. The normalized spacial score (nSPS) is 27.0. The second-order valence-corrected chi connectivity index (χ2v) is 6.67. The SMILES string of the molecule is COc1cc(C#N)ccc1OCCN1CCOC[C@@H]1[C@H]1CCC[C@H]1O. The molecule has 1 aliphatic carbocycles. The molecule has 1 heterocycles. The van der Waals surface area contributed by atoms with E-state index in [-0.39, 0.29) is 12.1 Å². The van der Waals surface area contributed by atoms with Crippen molar-refractivity contribution >= 4 is 0 Å². The van der Waals surface area contributed by atoms with Gasteiger partial charge in [0.25, 0.3) is 0 Å². The van der Waals surface area contributed by atoms with Gasteiger partial charge >= 0.3 is 0 Å². The van der Waals surface area contributed by atoms with Gasteiger partial charge in [-0.15, -0.1) is 0 Å². The first-order valence-electron chi connectivity index (χ1n) is 8.93. The van der Waals surface area contributed by atoms with Crippen LogP contribution in [0.1, 0.15) is 24.8 Å². The highest BCUT2D eigenvalue weighted by molar-refractivity contribution is 5.46. The molecule has 1 aliphatic heterocycles. The van der Waals surface area contributed by atoms with Crippen LogP contribution < -0.4 is 9.47 Å². The molecule has 2 fully saturated rings. The summed E-state index contributed by atoms with van der Waals surface area (Å²) in [7, 11) is 1.57. The molecule has 3 rings (SSSR count). The van der Waals surface area contributed by atoms with Crippen LogP contribution in [0.5, 0.6) is 11.5 Å². The summed E-state index contributed by atoms with van der Waals surface area (Å²) in [4.78, 5) is 2.37. The van der Waals surface area contributed by atoms with Crippen molar-refractivity contribution in [3.05, 3.63) is 23.8 Å². The quantitative estimate of drug-likeness (QED) is 0.847. The fourth-order valence-electron chi connectivity index (χ4n) is 3.88. The molecule has 0 amide bonds. The molecule has 1 aromatic carbocycles. The summed E-state index contributed by atoms with van der Waals surface area (Å²) in [6, 6.07) is 7.54. The van der Waals surface area contributed by atoms with Gasteiger partial charge in [0.1, 0.15) is 6.61 Å². The van der Waals surface area contributed by atoms with E-state index in [1.165, 1.54) is 0 Å². The lowest BCUT2D eigenvalue weighted by molar-refractivity contribution is -0.0532. The van der Waals surface area contributed by atoms with Crippen LogP contribution in [0.2, 0.25) is 0 Å². The highest BCUT2D eigenvalue weighted by Crippen LogP contribution is 2.32. The minimum Gasteiger partial charge on any atom is -0.493 e. The molecule has 1 aromatic rings. The van der Waals surface area contributed by atoms with E-state index in [1.807, 2.05) is 0 Å². The molecule has 1 saturated carbocycles. The second-order valence-electron chi connectivity index (χ2n) is 6.67. The molecule has 6 nitrogen and oxygen atoms in total. The minimum atomic E-state index is -0.214. The first-order valence-corrected chi connectivity index (χ1v) is 8.93. The Bertz CT molecular complexity index is 616. The predicted molar refractivity (Wildman–Crippen MR) is 92.7 cm³/mol. The summed E-state index contributed by atoms with van der Waals surface area (Å²) in [6.45, 7) is 3.57. The fourth-order valence-corrected chi connectivity index (χ4v) is 3.88. The lowest BCUT2D eigenvalue weighted by Gasteiger charge is -2.40. The number of hydrogen-bond acceptors (Lipinski definition) is 6. The minimum absolute atomic E-state index is 0.214. The zero-order chi connectivity index (χ0) is 17.6. The van der Waals surface area contributed by atoms with Crippen molar-refractivity contribution in [2.75, 3.05) is 40.0 Å². The molecular formula is C19H26N2O4. The number of nitrogens with zero attached hydrogens (tertiary/aromatic N) is 2. The molecule has 0 spiro atoms. The maximum absolute atomic E-state index is 10.2. The molecule has 1 N–H and O–H groups in total. The Morgan fingerprint density at radius 2 is 2.24 bits per heavy atom. The highest BCUT2D eigenvalue weighted by atomic mass is 16.5. The van der Waals surface area contributed by atoms with Crippen LogP contribution in [0.15, 0.2) is 18.2 Å². The van der Waals surface area contributed by atoms with Crippen molar-refractivity contribution < 1.29 is 19.3 Å².